The fourth-order valence-corrected chi connectivity index (χ4v) is 4.94. The zero-order chi connectivity index (χ0) is 20.5. The average Bonchev–Trinajstić information content (AvgIpc) is 2.64. The molecule has 1 fully saturated rings. The lowest BCUT2D eigenvalue weighted by molar-refractivity contribution is -0.0440. The van der Waals surface area contributed by atoms with Gasteiger partial charge >= 0.3 is 5.97 Å². The molecule has 0 saturated carbocycles. The summed E-state index contributed by atoms with van der Waals surface area (Å²) < 4.78 is 38.3. The van der Waals surface area contributed by atoms with Crippen LogP contribution in [-0.4, -0.2) is 44.0 Å². The molecule has 0 radical (unpaired) electrons. The molecule has 0 aromatic heterocycles. The van der Waals surface area contributed by atoms with Crippen LogP contribution in [0, 0.1) is 13.8 Å². The second-order valence-corrected chi connectivity index (χ2v) is 9.15. The summed E-state index contributed by atoms with van der Waals surface area (Å²) in [4.78, 5) is 12.6. The van der Waals surface area contributed by atoms with Gasteiger partial charge in [-0.3, -0.25) is 0 Å². The van der Waals surface area contributed by atoms with E-state index in [9.17, 15) is 13.2 Å². The number of aryl methyl sites for hydroxylation is 2. The third-order valence-electron chi connectivity index (χ3n) is 4.72. The summed E-state index contributed by atoms with van der Waals surface area (Å²) in [6, 6.07) is 11.5. The monoisotopic (exact) mass is 403 g/mol. The third kappa shape index (κ3) is 4.27. The molecule has 1 aliphatic heterocycles. The molecule has 0 aliphatic carbocycles. The van der Waals surface area contributed by atoms with Gasteiger partial charge in [-0.1, -0.05) is 18.2 Å². The predicted octanol–water partition coefficient (Wildman–Crippen LogP) is 3.32. The Bertz CT molecular complexity index is 939. The molecule has 0 spiro atoms. The molecule has 0 bridgehead atoms. The summed E-state index contributed by atoms with van der Waals surface area (Å²) in [5.41, 5.74) is 2.02. The van der Waals surface area contributed by atoms with Gasteiger partial charge in [-0.05, 0) is 63.1 Å². The summed E-state index contributed by atoms with van der Waals surface area (Å²) in [6.45, 7) is 8.06. The molecule has 1 heterocycles. The lowest BCUT2D eigenvalue weighted by Gasteiger charge is -2.34. The fraction of sp³-hybridized carbons (Fsp3) is 0.381. The van der Waals surface area contributed by atoms with E-state index >= 15 is 0 Å². The molecule has 0 amide bonds. The molecule has 7 heteroatoms. The predicted molar refractivity (Wildman–Crippen MR) is 106 cm³/mol. The van der Waals surface area contributed by atoms with Crippen molar-refractivity contribution in [2.45, 2.75) is 44.8 Å². The highest BCUT2D eigenvalue weighted by molar-refractivity contribution is 7.89. The molecule has 3 rings (SSSR count). The van der Waals surface area contributed by atoms with E-state index in [1.165, 1.54) is 28.6 Å². The van der Waals surface area contributed by atoms with Gasteiger partial charge in [0.25, 0.3) is 0 Å². The lowest BCUT2D eigenvalue weighted by Crippen LogP contribution is -2.48. The maximum absolute atomic E-state index is 12.9. The van der Waals surface area contributed by atoms with Gasteiger partial charge in [-0.25, -0.2) is 13.2 Å². The Morgan fingerprint density at radius 2 is 1.54 bits per heavy atom. The lowest BCUT2D eigenvalue weighted by atomic mass is 10.1. The Balaban J connectivity index is 1.78. The number of carbonyl (C=O) groups excluding carboxylic acids is 1. The first-order valence-electron chi connectivity index (χ1n) is 9.22. The minimum Gasteiger partial charge on any atom is -0.422 e. The number of hydrogen-bond acceptors (Lipinski definition) is 5. The Kier molecular flexibility index (Phi) is 5.88. The number of hydrogen-bond donors (Lipinski definition) is 0. The maximum Gasteiger partial charge on any atom is 0.343 e. The standard InChI is InChI=1S/C21H25NO5S/c1-14-6-5-7-15(2)20(14)27-21(23)18-8-10-19(11-9-18)28(24,25)22-12-16(3)26-17(4)13-22/h5-11,16-17H,12-13H2,1-4H3/t16-,17-/m1/s1. The molecule has 6 nitrogen and oxygen atoms in total. The quantitative estimate of drug-likeness (QED) is 0.578. The summed E-state index contributed by atoms with van der Waals surface area (Å²) in [7, 11) is -3.64. The number of benzene rings is 2. The van der Waals surface area contributed by atoms with Crippen molar-refractivity contribution in [3.05, 3.63) is 59.2 Å². The Morgan fingerprint density at radius 1 is 1.00 bits per heavy atom. The van der Waals surface area contributed by atoms with E-state index in [2.05, 4.69) is 0 Å². The smallest absolute Gasteiger partial charge is 0.343 e. The first kappa shape index (κ1) is 20.5. The molecule has 1 saturated heterocycles. The van der Waals surface area contributed by atoms with Gasteiger partial charge in [-0.2, -0.15) is 4.31 Å². The van der Waals surface area contributed by atoms with E-state index in [0.29, 0.717) is 24.4 Å². The van der Waals surface area contributed by atoms with Crippen LogP contribution in [0.15, 0.2) is 47.4 Å². The van der Waals surface area contributed by atoms with E-state index in [1.807, 2.05) is 45.9 Å². The van der Waals surface area contributed by atoms with E-state index in [0.717, 1.165) is 11.1 Å². The number of carbonyl (C=O) groups is 1. The summed E-state index contributed by atoms with van der Waals surface area (Å²) in [5.74, 6) is 0.00968. The van der Waals surface area contributed by atoms with Crippen LogP contribution in [0.3, 0.4) is 0 Å². The largest absolute Gasteiger partial charge is 0.422 e. The number of esters is 1. The summed E-state index contributed by atoms with van der Waals surface area (Å²) in [5, 5.41) is 0. The number of rotatable bonds is 4. The zero-order valence-corrected chi connectivity index (χ0v) is 17.3. The van der Waals surface area contributed by atoms with Crippen LogP contribution in [0.2, 0.25) is 0 Å². The van der Waals surface area contributed by atoms with Crippen LogP contribution in [0.25, 0.3) is 0 Å². The highest BCUT2D eigenvalue weighted by Gasteiger charge is 2.32. The average molecular weight is 404 g/mol. The molecule has 28 heavy (non-hydrogen) atoms. The highest BCUT2D eigenvalue weighted by Crippen LogP contribution is 2.25. The Morgan fingerprint density at radius 3 is 2.07 bits per heavy atom. The molecular formula is C21H25NO5S. The van der Waals surface area contributed by atoms with Crippen LogP contribution in [0.5, 0.6) is 5.75 Å². The van der Waals surface area contributed by atoms with Gasteiger partial charge in [0.1, 0.15) is 5.75 Å². The van der Waals surface area contributed by atoms with Crippen molar-refractivity contribution in [2.75, 3.05) is 13.1 Å². The summed E-state index contributed by atoms with van der Waals surface area (Å²) >= 11 is 0. The van der Waals surface area contributed by atoms with E-state index < -0.39 is 16.0 Å². The SMILES string of the molecule is Cc1cccc(C)c1OC(=O)c1ccc(S(=O)(=O)N2C[C@@H](C)O[C@H](C)C2)cc1. The van der Waals surface area contributed by atoms with Crippen molar-refractivity contribution in [3.8, 4) is 5.75 Å². The Labute approximate surface area is 166 Å². The molecule has 0 unspecified atom stereocenters. The molecule has 0 N–H and O–H groups in total. The zero-order valence-electron chi connectivity index (χ0n) is 16.5. The van der Waals surface area contributed by atoms with E-state index in [4.69, 9.17) is 9.47 Å². The van der Waals surface area contributed by atoms with Crippen LogP contribution in [0.1, 0.15) is 35.3 Å². The van der Waals surface area contributed by atoms with Gasteiger partial charge in [-0.15, -0.1) is 0 Å². The van der Waals surface area contributed by atoms with Crippen molar-refractivity contribution in [1.29, 1.82) is 0 Å². The second kappa shape index (κ2) is 8.03. The fourth-order valence-electron chi connectivity index (χ4n) is 3.35. The molecule has 2 atom stereocenters. The number of morpholine rings is 1. The van der Waals surface area contributed by atoms with E-state index in [1.54, 1.807) is 0 Å². The van der Waals surface area contributed by atoms with Crippen molar-refractivity contribution in [2.24, 2.45) is 0 Å². The highest BCUT2D eigenvalue weighted by atomic mass is 32.2. The van der Waals surface area contributed by atoms with Crippen molar-refractivity contribution >= 4 is 16.0 Å². The minimum absolute atomic E-state index is 0.150. The number of ether oxygens (including phenoxy) is 2. The van der Waals surface area contributed by atoms with E-state index in [-0.39, 0.29) is 17.1 Å². The normalized spacial score (nSPS) is 20.7. The molecule has 1 aliphatic rings. The second-order valence-electron chi connectivity index (χ2n) is 7.21. The minimum atomic E-state index is -3.64. The Hall–Kier alpha value is -2.22. The van der Waals surface area contributed by atoms with Crippen LogP contribution in [-0.2, 0) is 14.8 Å². The van der Waals surface area contributed by atoms with Crippen molar-refractivity contribution in [1.82, 2.24) is 4.31 Å². The molecule has 2 aromatic rings. The van der Waals surface area contributed by atoms with Gasteiger partial charge in [0, 0.05) is 13.1 Å². The topological polar surface area (TPSA) is 72.9 Å². The van der Waals surface area contributed by atoms with Gasteiger partial charge in [0.05, 0.1) is 22.7 Å². The number of nitrogens with zero attached hydrogens (tertiary/aromatic N) is 1. The van der Waals surface area contributed by atoms with Crippen LogP contribution in [0.4, 0.5) is 0 Å². The number of sulfonamides is 1. The first-order chi connectivity index (χ1) is 13.2. The maximum atomic E-state index is 12.9. The van der Waals surface area contributed by atoms with Crippen molar-refractivity contribution < 1.29 is 22.7 Å². The van der Waals surface area contributed by atoms with Gasteiger partial charge in [0.15, 0.2) is 0 Å². The number of para-hydroxylation sites is 1. The van der Waals surface area contributed by atoms with Gasteiger partial charge in [0.2, 0.25) is 10.0 Å². The molecular weight excluding hydrogens is 378 g/mol. The first-order valence-corrected chi connectivity index (χ1v) is 10.7. The molecule has 2 aromatic carbocycles. The van der Waals surface area contributed by atoms with Crippen LogP contribution >= 0.6 is 0 Å². The third-order valence-corrected chi connectivity index (χ3v) is 6.56. The molecule has 150 valence electrons. The van der Waals surface area contributed by atoms with Crippen molar-refractivity contribution in [3.63, 3.8) is 0 Å². The van der Waals surface area contributed by atoms with Crippen LogP contribution < -0.4 is 4.74 Å². The summed E-state index contributed by atoms with van der Waals surface area (Å²) in [6.07, 6.45) is -0.324. The van der Waals surface area contributed by atoms with Gasteiger partial charge < -0.3 is 9.47 Å².